The Labute approximate surface area is 133 Å². The smallest absolute Gasteiger partial charge is 0.333 e. The third-order valence-electron chi connectivity index (χ3n) is 7.86. The van der Waals surface area contributed by atoms with Gasteiger partial charge in [-0.2, -0.15) is 0 Å². The standard InChI is InChI=1S/C20H26O2/c1-4-20(22-19(21)10(2)3)9-11-7-16(20)18-15-8-14(17(11)18)12-5-6-13(12)15/h11-16H,2,4-9H2,1,3H3. The SMILES string of the molecule is C=C(C)C(=O)OC1(CC)CC2CC1C1=C2C2CC1C1CCC21. The maximum absolute atomic E-state index is 12.2. The van der Waals surface area contributed by atoms with Crippen LogP contribution in [0.4, 0.5) is 0 Å². The number of hydrogen-bond donors (Lipinski definition) is 0. The molecule has 5 aliphatic carbocycles. The first-order valence-corrected chi connectivity index (χ1v) is 9.18. The summed E-state index contributed by atoms with van der Waals surface area (Å²) in [4.78, 5) is 12.2. The van der Waals surface area contributed by atoms with Crippen LogP contribution in [0.3, 0.4) is 0 Å². The van der Waals surface area contributed by atoms with Gasteiger partial charge < -0.3 is 4.74 Å². The van der Waals surface area contributed by atoms with Crippen LogP contribution in [0.15, 0.2) is 23.3 Å². The molecule has 0 amide bonds. The first kappa shape index (κ1) is 13.4. The lowest BCUT2D eigenvalue weighted by molar-refractivity contribution is -0.159. The molecule has 0 heterocycles. The summed E-state index contributed by atoms with van der Waals surface area (Å²) in [6, 6.07) is 0. The molecule has 5 aliphatic rings. The van der Waals surface area contributed by atoms with Gasteiger partial charge in [0.15, 0.2) is 0 Å². The van der Waals surface area contributed by atoms with E-state index >= 15 is 0 Å². The lowest BCUT2D eigenvalue weighted by Gasteiger charge is -2.47. The van der Waals surface area contributed by atoms with Crippen LogP contribution in [0.25, 0.3) is 0 Å². The molecule has 0 aromatic carbocycles. The highest BCUT2D eigenvalue weighted by atomic mass is 16.6. The van der Waals surface area contributed by atoms with Crippen LogP contribution >= 0.6 is 0 Å². The van der Waals surface area contributed by atoms with E-state index in [4.69, 9.17) is 4.74 Å². The van der Waals surface area contributed by atoms with Gasteiger partial charge in [-0.3, -0.25) is 0 Å². The van der Waals surface area contributed by atoms with Gasteiger partial charge in [0, 0.05) is 11.5 Å². The largest absolute Gasteiger partial charge is 0.455 e. The number of carbonyl (C=O) groups is 1. The van der Waals surface area contributed by atoms with Crippen molar-refractivity contribution in [3.63, 3.8) is 0 Å². The summed E-state index contributed by atoms with van der Waals surface area (Å²) >= 11 is 0. The van der Waals surface area contributed by atoms with E-state index in [2.05, 4.69) is 13.5 Å². The summed E-state index contributed by atoms with van der Waals surface area (Å²) < 4.78 is 6.07. The maximum atomic E-state index is 12.2. The average Bonchev–Trinajstić information content (AvgIpc) is 3.13. The van der Waals surface area contributed by atoms with Crippen molar-refractivity contribution in [1.29, 1.82) is 0 Å². The fourth-order valence-corrected chi connectivity index (χ4v) is 6.95. The third kappa shape index (κ3) is 1.36. The van der Waals surface area contributed by atoms with Crippen molar-refractivity contribution in [3.8, 4) is 0 Å². The summed E-state index contributed by atoms with van der Waals surface area (Å²) in [7, 11) is 0. The van der Waals surface area contributed by atoms with E-state index in [0.717, 1.165) is 42.4 Å². The fourth-order valence-electron chi connectivity index (χ4n) is 6.95. The highest BCUT2D eigenvalue weighted by Crippen LogP contribution is 2.73. The second-order valence-corrected chi connectivity index (χ2v) is 8.54. The molecule has 22 heavy (non-hydrogen) atoms. The normalized spacial score (nSPS) is 49.9. The Morgan fingerprint density at radius 2 is 1.91 bits per heavy atom. The van der Waals surface area contributed by atoms with E-state index < -0.39 is 0 Å². The Balaban J connectivity index is 1.50. The van der Waals surface area contributed by atoms with Gasteiger partial charge in [0.25, 0.3) is 0 Å². The van der Waals surface area contributed by atoms with Crippen molar-refractivity contribution in [3.05, 3.63) is 23.3 Å². The van der Waals surface area contributed by atoms with Gasteiger partial charge in [-0.25, -0.2) is 4.79 Å². The van der Waals surface area contributed by atoms with Crippen molar-refractivity contribution in [2.45, 2.75) is 58.0 Å². The highest BCUT2D eigenvalue weighted by Gasteiger charge is 2.66. The monoisotopic (exact) mass is 298 g/mol. The van der Waals surface area contributed by atoms with E-state index in [9.17, 15) is 4.79 Å². The third-order valence-corrected chi connectivity index (χ3v) is 7.86. The van der Waals surface area contributed by atoms with E-state index in [1.807, 2.05) is 5.57 Å². The molecule has 2 heteroatoms. The van der Waals surface area contributed by atoms with Crippen LogP contribution in [0.5, 0.6) is 0 Å². The van der Waals surface area contributed by atoms with E-state index in [0.29, 0.717) is 11.5 Å². The van der Waals surface area contributed by atoms with Gasteiger partial charge >= 0.3 is 5.97 Å². The molecule has 0 saturated heterocycles. The summed E-state index contributed by atoms with van der Waals surface area (Å²) in [5.74, 6) is 4.84. The van der Waals surface area contributed by atoms with Crippen LogP contribution < -0.4 is 0 Å². The van der Waals surface area contributed by atoms with Crippen LogP contribution in [0.2, 0.25) is 0 Å². The zero-order valence-electron chi connectivity index (χ0n) is 13.7. The molecule has 0 radical (unpaired) electrons. The number of esters is 1. The maximum Gasteiger partial charge on any atom is 0.333 e. The molecular weight excluding hydrogens is 272 g/mol. The minimum Gasteiger partial charge on any atom is -0.455 e. The molecule has 0 aromatic rings. The Morgan fingerprint density at radius 1 is 1.23 bits per heavy atom. The number of fused-ring (bicyclic) bond motifs is 11. The molecule has 0 spiro atoms. The highest BCUT2D eigenvalue weighted by molar-refractivity contribution is 5.87. The van der Waals surface area contributed by atoms with Gasteiger partial charge in [0.05, 0.1) is 0 Å². The summed E-state index contributed by atoms with van der Waals surface area (Å²) in [5.41, 5.74) is 3.95. The zero-order valence-corrected chi connectivity index (χ0v) is 13.7. The lowest BCUT2D eigenvalue weighted by atomic mass is 9.60. The van der Waals surface area contributed by atoms with Crippen molar-refractivity contribution in [2.24, 2.45) is 35.5 Å². The van der Waals surface area contributed by atoms with Crippen molar-refractivity contribution in [1.82, 2.24) is 0 Å². The molecule has 7 atom stereocenters. The predicted molar refractivity (Wildman–Crippen MR) is 85.0 cm³/mol. The second kappa shape index (κ2) is 4.07. The Kier molecular flexibility index (Phi) is 2.48. The van der Waals surface area contributed by atoms with E-state index in [-0.39, 0.29) is 11.6 Å². The van der Waals surface area contributed by atoms with Crippen molar-refractivity contribution < 1.29 is 9.53 Å². The quantitative estimate of drug-likeness (QED) is 0.337. The van der Waals surface area contributed by atoms with Crippen molar-refractivity contribution in [2.75, 3.05) is 0 Å². The first-order valence-electron chi connectivity index (χ1n) is 9.18. The van der Waals surface area contributed by atoms with Gasteiger partial charge in [0.2, 0.25) is 0 Å². The summed E-state index contributed by atoms with van der Waals surface area (Å²) in [5, 5.41) is 0. The Hall–Kier alpha value is -1.05. The van der Waals surface area contributed by atoms with E-state index in [1.165, 1.54) is 25.7 Å². The number of ether oxygens (including phenoxy) is 1. The molecule has 4 bridgehead atoms. The van der Waals surface area contributed by atoms with Gasteiger partial charge in [0.1, 0.15) is 5.60 Å². The van der Waals surface area contributed by atoms with Crippen molar-refractivity contribution >= 4 is 5.97 Å². The molecule has 7 unspecified atom stereocenters. The second-order valence-electron chi connectivity index (χ2n) is 8.54. The minimum absolute atomic E-state index is 0.179. The molecule has 5 rings (SSSR count). The summed E-state index contributed by atoms with van der Waals surface area (Å²) in [6.45, 7) is 7.74. The topological polar surface area (TPSA) is 26.3 Å². The van der Waals surface area contributed by atoms with Crippen LogP contribution in [-0.4, -0.2) is 11.6 Å². The van der Waals surface area contributed by atoms with Crippen LogP contribution in [0.1, 0.15) is 52.4 Å². The molecule has 3 fully saturated rings. The Bertz CT molecular complexity index is 615. The molecule has 0 N–H and O–H groups in total. The fraction of sp³-hybridized carbons (Fsp3) is 0.750. The average molecular weight is 298 g/mol. The molecular formula is C20H26O2. The molecule has 0 aliphatic heterocycles. The van der Waals surface area contributed by atoms with E-state index in [1.54, 1.807) is 12.5 Å². The number of hydrogen-bond acceptors (Lipinski definition) is 2. The van der Waals surface area contributed by atoms with Gasteiger partial charge in [-0.05, 0) is 75.0 Å². The molecule has 0 aromatic heterocycles. The predicted octanol–water partition coefficient (Wildman–Crippen LogP) is 4.27. The van der Waals surface area contributed by atoms with Crippen LogP contribution in [0, 0.1) is 35.5 Å². The lowest BCUT2D eigenvalue weighted by Crippen LogP contribution is -2.44. The molecule has 3 saturated carbocycles. The van der Waals surface area contributed by atoms with Crippen LogP contribution in [-0.2, 0) is 9.53 Å². The number of allylic oxidation sites excluding steroid dienone is 1. The molecule has 2 nitrogen and oxygen atoms in total. The summed E-state index contributed by atoms with van der Waals surface area (Å²) in [6.07, 6.45) is 7.64. The Morgan fingerprint density at radius 3 is 2.50 bits per heavy atom. The molecule has 118 valence electrons. The minimum atomic E-state index is -0.219. The zero-order chi connectivity index (χ0) is 15.2. The number of carbonyl (C=O) groups excluding carboxylic acids is 1. The first-order chi connectivity index (χ1) is 10.6. The number of rotatable bonds is 3. The van der Waals surface area contributed by atoms with Gasteiger partial charge in [-0.15, -0.1) is 0 Å². The van der Waals surface area contributed by atoms with Gasteiger partial charge in [-0.1, -0.05) is 24.6 Å².